The number of fused-ring (bicyclic) bond motifs is 1. The van der Waals surface area contributed by atoms with Gasteiger partial charge in [-0.05, 0) is 35.4 Å². The summed E-state index contributed by atoms with van der Waals surface area (Å²) in [5, 5.41) is 19.5. The summed E-state index contributed by atoms with van der Waals surface area (Å²) in [6.07, 6.45) is 0.563. The maximum Gasteiger partial charge on any atom is 0.335 e. The molecule has 0 spiro atoms. The number of benzene rings is 3. The highest BCUT2D eigenvalue weighted by atomic mass is 16.4. The summed E-state index contributed by atoms with van der Waals surface area (Å²) in [6, 6.07) is 18.0. The van der Waals surface area contributed by atoms with Crippen LogP contribution in [0.3, 0.4) is 0 Å². The molecule has 0 heterocycles. The Morgan fingerprint density at radius 1 is 0.741 bits per heavy atom. The molecule has 0 unspecified atom stereocenters. The van der Waals surface area contributed by atoms with Gasteiger partial charge in [-0.25, -0.2) is 9.59 Å². The quantitative estimate of drug-likeness (QED) is 0.647. The number of Topliss-reactive ketones (excluding diaryl/α,β-unsaturated/α-hetero) is 1. The zero-order valence-electron chi connectivity index (χ0n) is 15.1. The summed E-state index contributed by atoms with van der Waals surface area (Å²) in [4.78, 5) is 32.8. The van der Waals surface area contributed by atoms with E-state index in [0.29, 0.717) is 6.42 Å². The molecule has 5 heteroatoms. The first kappa shape index (κ1) is 19.8. The van der Waals surface area contributed by atoms with Gasteiger partial charge in [0, 0.05) is 12.0 Å². The lowest BCUT2D eigenvalue weighted by Crippen LogP contribution is -2.06. The number of hydrogen-bond donors (Lipinski definition) is 2. The van der Waals surface area contributed by atoms with Crippen molar-refractivity contribution in [2.24, 2.45) is 0 Å². The zero-order valence-corrected chi connectivity index (χ0v) is 15.1. The second kappa shape index (κ2) is 8.76. The maximum atomic E-state index is 11.6. The van der Waals surface area contributed by atoms with Crippen molar-refractivity contribution in [3.8, 4) is 0 Å². The largest absolute Gasteiger partial charge is 0.478 e. The predicted molar refractivity (Wildman–Crippen MR) is 104 cm³/mol. The van der Waals surface area contributed by atoms with Crippen molar-refractivity contribution < 1.29 is 24.6 Å². The Hall–Kier alpha value is -3.47. The summed E-state index contributed by atoms with van der Waals surface area (Å²) in [7, 11) is 0. The number of carbonyl (C=O) groups is 3. The van der Waals surface area contributed by atoms with Crippen molar-refractivity contribution in [1.82, 2.24) is 0 Å². The van der Waals surface area contributed by atoms with E-state index in [9.17, 15) is 14.4 Å². The van der Waals surface area contributed by atoms with Crippen molar-refractivity contribution in [3.63, 3.8) is 0 Å². The van der Waals surface area contributed by atoms with Gasteiger partial charge in [-0.1, -0.05) is 55.5 Å². The molecule has 2 N–H and O–H groups in total. The number of carbonyl (C=O) groups excluding carboxylic acids is 1. The Kier molecular flexibility index (Phi) is 6.44. The van der Waals surface area contributed by atoms with Gasteiger partial charge >= 0.3 is 11.9 Å². The highest BCUT2D eigenvalue weighted by molar-refractivity contribution is 6.07. The van der Waals surface area contributed by atoms with Crippen LogP contribution in [-0.2, 0) is 0 Å². The fraction of sp³-hybridized carbons (Fsp3) is 0.136. The van der Waals surface area contributed by atoms with Gasteiger partial charge in [-0.2, -0.15) is 0 Å². The van der Waals surface area contributed by atoms with Crippen LogP contribution in [0.25, 0.3) is 10.8 Å². The topological polar surface area (TPSA) is 91.7 Å². The van der Waals surface area contributed by atoms with Crippen molar-refractivity contribution in [1.29, 1.82) is 0 Å². The SMILES string of the molecule is CCC(=O)c1cccc2ccccc12.Cc1c(C(=O)O)cccc1C(=O)O. The normalized spacial score (nSPS) is 10.0. The van der Waals surface area contributed by atoms with Gasteiger partial charge in [0.1, 0.15) is 0 Å². The minimum Gasteiger partial charge on any atom is -0.478 e. The summed E-state index contributed by atoms with van der Waals surface area (Å²) >= 11 is 0. The Labute approximate surface area is 156 Å². The minimum atomic E-state index is -1.11. The molecule has 3 aromatic carbocycles. The van der Waals surface area contributed by atoms with E-state index in [4.69, 9.17) is 10.2 Å². The summed E-state index contributed by atoms with van der Waals surface area (Å²) < 4.78 is 0. The van der Waals surface area contributed by atoms with E-state index in [0.717, 1.165) is 16.3 Å². The van der Waals surface area contributed by atoms with Crippen molar-refractivity contribution >= 4 is 28.5 Å². The summed E-state index contributed by atoms with van der Waals surface area (Å²) in [5.41, 5.74) is 1.17. The third-order valence-electron chi connectivity index (χ3n) is 4.21. The molecule has 3 rings (SSSR count). The van der Waals surface area contributed by atoms with Crippen LogP contribution in [0.2, 0.25) is 0 Å². The van der Waals surface area contributed by atoms with Crippen LogP contribution in [-0.4, -0.2) is 27.9 Å². The number of aromatic carboxylic acids is 2. The number of carboxylic acid groups (broad SMARTS) is 2. The Bertz CT molecular complexity index is 967. The summed E-state index contributed by atoms with van der Waals surface area (Å²) in [5.74, 6) is -2.01. The highest BCUT2D eigenvalue weighted by Gasteiger charge is 2.13. The Balaban J connectivity index is 0.000000194. The molecule has 27 heavy (non-hydrogen) atoms. The summed E-state index contributed by atoms with van der Waals surface area (Å²) in [6.45, 7) is 3.37. The predicted octanol–water partition coefficient (Wildman–Crippen LogP) is 4.82. The van der Waals surface area contributed by atoms with E-state index in [1.54, 1.807) is 0 Å². The minimum absolute atomic E-state index is 0.0277. The third-order valence-corrected chi connectivity index (χ3v) is 4.21. The molecule has 0 aliphatic rings. The fourth-order valence-corrected chi connectivity index (χ4v) is 2.76. The van der Waals surface area contributed by atoms with Crippen LogP contribution in [0.15, 0.2) is 60.7 Å². The van der Waals surface area contributed by atoms with E-state index in [1.165, 1.54) is 25.1 Å². The lowest BCUT2D eigenvalue weighted by Gasteiger charge is -2.03. The van der Waals surface area contributed by atoms with Crippen molar-refractivity contribution in [3.05, 3.63) is 82.9 Å². The van der Waals surface area contributed by atoms with Crippen molar-refractivity contribution in [2.75, 3.05) is 0 Å². The van der Waals surface area contributed by atoms with Crippen molar-refractivity contribution in [2.45, 2.75) is 20.3 Å². The number of rotatable bonds is 4. The first-order valence-corrected chi connectivity index (χ1v) is 8.44. The smallest absolute Gasteiger partial charge is 0.335 e. The molecule has 0 aliphatic carbocycles. The van der Waals surface area contributed by atoms with Crippen LogP contribution in [0.1, 0.15) is 50.0 Å². The molecule has 0 aliphatic heterocycles. The Morgan fingerprint density at radius 3 is 1.78 bits per heavy atom. The molecule has 0 fully saturated rings. The van der Waals surface area contributed by atoms with Crippen LogP contribution in [0.4, 0.5) is 0 Å². The van der Waals surface area contributed by atoms with Gasteiger partial charge in [0.05, 0.1) is 11.1 Å². The molecule has 0 bridgehead atoms. The standard InChI is InChI=1S/C13H12O.C9H8O4/c1-2-13(14)12-9-5-7-10-6-3-4-8-11(10)12;1-5-6(8(10)11)3-2-4-7(5)9(12)13/h3-9H,2H2,1H3;2-4H,1H3,(H,10,11)(H,12,13). The second-order valence-corrected chi connectivity index (χ2v) is 5.89. The first-order valence-electron chi connectivity index (χ1n) is 8.44. The second-order valence-electron chi connectivity index (χ2n) is 5.89. The lowest BCUT2D eigenvalue weighted by molar-refractivity contribution is 0.0696. The molecule has 0 aromatic heterocycles. The van der Waals surface area contributed by atoms with Crippen LogP contribution in [0.5, 0.6) is 0 Å². The van der Waals surface area contributed by atoms with E-state index in [-0.39, 0.29) is 22.5 Å². The molecular formula is C22H20O5. The average Bonchev–Trinajstić information content (AvgIpc) is 2.67. The maximum absolute atomic E-state index is 11.6. The number of ketones is 1. The molecule has 138 valence electrons. The number of carboxylic acids is 2. The van der Waals surface area contributed by atoms with E-state index >= 15 is 0 Å². The van der Waals surface area contributed by atoms with Crippen LogP contribution in [0, 0.1) is 6.92 Å². The molecule has 0 amide bonds. The Morgan fingerprint density at radius 2 is 1.22 bits per heavy atom. The highest BCUT2D eigenvalue weighted by Crippen LogP contribution is 2.19. The molecule has 3 aromatic rings. The van der Waals surface area contributed by atoms with E-state index in [1.807, 2.05) is 49.4 Å². The molecular weight excluding hydrogens is 344 g/mol. The third kappa shape index (κ3) is 4.58. The average molecular weight is 364 g/mol. The van der Waals surface area contributed by atoms with E-state index in [2.05, 4.69) is 0 Å². The zero-order chi connectivity index (χ0) is 20.0. The molecule has 5 nitrogen and oxygen atoms in total. The molecule has 0 atom stereocenters. The van der Waals surface area contributed by atoms with Gasteiger partial charge in [-0.3, -0.25) is 4.79 Å². The van der Waals surface area contributed by atoms with Gasteiger partial charge in [-0.15, -0.1) is 0 Å². The number of hydrogen-bond acceptors (Lipinski definition) is 3. The first-order chi connectivity index (χ1) is 12.9. The van der Waals surface area contributed by atoms with Gasteiger partial charge in [0.25, 0.3) is 0 Å². The lowest BCUT2D eigenvalue weighted by atomic mass is 10.0. The van der Waals surface area contributed by atoms with Gasteiger partial charge in [0.15, 0.2) is 5.78 Å². The molecule has 0 saturated carbocycles. The van der Waals surface area contributed by atoms with Crippen LogP contribution < -0.4 is 0 Å². The van der Waals surface area contributed by atoms with Crippen LogP contribution >= 0.6 is 0 Å². The van der Waals surface area contributed by atoms with Gasteiger partial charge < -0.3 is 10.2 Å². The molecule has 0 radical (unpaired) electrons. The molecule has 0 saturated heterocycles. The monoisotopic (exact) mass is 364 g/mol. The van der Waals surface area contributed by atoms with E-state index < -0.39 is 11.9 Å². The van der Waals surface area contributed by atoms with Gasteiger partial charge in [0.2, 0.25) is 0 Å². The fourth-order valence-electron chi connectivity index (χ4n) is 2.76.